The first-order chi connectivity index (χ1) is 13.2. The molecule has 1 atom stereocenters. The predicted octanol–water partition coefficient (Wildman–Crippen LogP) is 2.63. The van der Waals surface area contributed by atoms with Crippen molar-refractivity contribution in [3.05, 3.63) is 54.4 Å². The third-order valence-electron chi connectivity index (χ3n) is 5.19. The fourth-order valence-electron chi connectivity index (χ4n) is 3.60. The summed E-state index contributed by atoms with van der Waals surface area (Å²) in [6.07, 6.45) is 5.85. The summed E-state index contributed by atoms with van der Waals surface area (Å²) in [6, 6.07) is 11.6. The van der Waals surface area contributed by atoms with Crippen LogP contribution in [-0.4, -0.2) is 41.4 Å². The van der Waals surface area contributed by atoms with Gasteiger partial charge in [-0.15, -0.1) is 0 Å². The van der Waals surface area contributed by atoms with Crippen molar-refractivity contribution in [2.24, 2.45) is 5.92 Å². The molecule has 2 heterocycles. The quantitative estimate of drug-likeness (QED) is 0.789. The molecule has 1 aromatic heterocycles. The number of hydrogen-bond acceptors (Lipinski definition) is 4. The van der Waals surface area contributed by atoms with Crippen molar-refractivity contribution in [2.75, 3.05) is 18.6 Å². The highest BCUT2D eigenvalue weighted by atomic mass is 16.5. The van der Waals surface area contributed by atoms with E-state index in [4.69, 9.17) is 4.74 Å². The largest absolute Gasteiger partial charge is 0.497 e. The van der Waals surface area contributed by atoms with Crippen LogP contribution in [0.4, 0.5) is 5.69 Å². The van der Waals surface area contributed by atoms with E-state index in [1.165, 1.54) is 0 Å². The summed E-state index contributed by atoms with van der Waals surface area (Å²) in [6.45, 7) is 0.974. The summed E-state index contributed by atoms with van der Waals surface area (Å²) in [7, 11) is 1.60. The number of ether oxygens (including phenoxy) is 1. The van der Waals surface area contributed by atoms with Gasteiger partial charge < -0.3 is 14.5 Å². The number of rotatable bonds is 6. The van der Waals surface area contributed by atoms with Gasteiger partial charge in [0.25, 0.3) is 0 Å². The third kappa shape index (κ3) is 3.79. The number of hydrogen-bond donors (Lipinski definition) is 0. The van der Waals surface area contributed by atoms with Crippen molar-refractivity contribution in [1.29, 1.82) is 0 Å². The molecule has 2 aliphatic rings. The molecule has 1 saturated carbocycles. The Morgan fingerprint density at radius 3 is 2.85 bits per heavy atom. The minimum atomic E-state index is -0.305. The highest BCUT2D eigenvalue weighted by Gasteiger charge is 2.41. The van der Waals surface area contributed by atoms with Gasteiger partial charge in [0, 0.05) is 49.7 Å². The number of amides is 2. The molecule has 0 N–H and O–H groups in total. The fourth-order valence-corrected chi connectivity index (χ4v) is 3.60. The van der Waals surface area contributed by atoms with E-state index in [1.807, 2.05) is 41.3 Å². The Bertz CT molecular complexity index is 836. The van der Waals surface area contributed by atoms with Crippen LogP contribution < -0.4 is 9.64 Å². The van der Waals surface area contributed by atoms with Crippen LogP contribution in [0.25, 0.3) is 0 Å². The monoisotopic (exact) mass is 365 g/mol. The van der Waals surface area contributed by atoms with Crippen LogP contribution in [0.1, 0.15) is 24.8 Å². The number of methoxy groups -OCH3 is 1. The van der Waals surface area contributed by atoms with Gasteiger partial charge in [-0.2, -0.15) is 0 Å². The van der Waals surface area contributed by atoms with Crippen molar-refractivity contribution in [3.63, 3.8) is 0 Å². The molecule has 6 heteroatoms. The number of carbonyl (C=O) groups excluding carboxylic acids is 2. The molecular weight excluding hydrogens is 342 g/mol. The average molecular weight is 365 g/mol. The summed E-state index contributed by atoms with van der Waals surface area (Å²) in [5.41, 5.74) is 1.80. The number of anilines is 1. The van der Waals surface area contributed by atoms with E-state index < -0.39 is 0 Å². The zero-order valence-electron chi connectivity index (χ0n) is 15.4. The summed E-state index contributed by atoms with van der Waals surface area (Å²) in [5.74, 6) is 0.450. The molecule has 2 fully saturated rings. The molecule has 1 aliphatic heterocycles. The van der Waals surface area contributed by atoms with Gasteiger partial charge in [-0.3, -0.25) is 14.6 Å². The minimum Gasteiger partial charge on any atom is -0.497 e. The van der Waals surface area contributed by atoms with Crippen molar-refractivity contribution in [2.45, 2.75) is 31.8 Å². The number of benzene rings is 1. The highest BCUT2D eigenvalue weighted by molar-refractivity contribution is 6.00. The zero-order chi connectivity index (χ0) is 18.8. The third-order valence-corrected chi connectivity index (χ3v) is 5.19. The second-order valence-corrected chi connectivity index (χ2v) is 7.17. The Morgan fingerprint density at radius 2 is 2.15 bits per heavy atom. The van der Waals surface area contributed by atoms with E-state index in [-0.39, 0.29) is 24.2 Å². The molecule has 1 unspecified atom stereocenters. The maximum Gasteiger partial charge on any atom is 0.228 e. The number of carbonyl (C=O) groups is 2. The molecule has 140 valence electrons. The first-order valence-electron chi connectivity index (χ1n) is 9.29. The Labute approximate surface area is 158 Å². The van der Waals surface area contributed by atoms with E-state index in [2.05, 4.69) is 4.98 Å². The summed E-state index contributed by atoms with van der Waals surface area (Å²) in [5, 5.41) is 0. The van der Waals surface area contributed by atoms with Gasteiger partial charge in [-0.25, -0.2) is 0 Å². The summed E-state index contributed by atoms with van der Waals surface area (Å²) in [4.78, 5) is 33.5. The van der Waals surface area contributed by atoms with Crippen LogP contribution in [-0.2, 0) is 16.1 Å². The zero-order valence-corrected chi connectivity index (χ0v) is 15.4. The Balaban J connectivity index is 1.49. The SMILES string of the molecule is COc1cccc(N2CC(C(=O)N(Cc3cccnc3)C3CC3)CC2=O)c1. The molecule has 0 radical (unpaired) electrons. The molecule has 1 saturated heterocycles. The molecule has 1 aromatic carbocycles. The maximum absolute atomic E-state index is 13.2. The predicted molar refractivity (Wildman–Crippen MR) is 101 cm³/mol. The van der Waals surface area contributed by atoms with Gasteiger partial charge >= 0.3 is 0 Å². The standard InChI is InChI=1S/C21H23N3O3/c1-27-19-6-2-5-18(11-19)23-14-16(10-20(23)25)21(26)24(17-7-8-17)13-15-4-3-9-22-12-15/h2-6,9,11-12,16-17H,7-8,10,13-14H2,1H3. The van der Waals surface area contributed by atoms with Crippen molar-refractivity contribution in [1.82, 2.24) is 9.88 Å². The Kier molecular flexibility index (Phi) is 4.79. The van der Waals surface area contributed by atoms with Crippen molar-refractivity contribution in [3.8, 4) is 5.75 Å². The lowest BCUT2D eigenvalue weighted by atomic mass is 10.1. The smallest absolute Gasteiger partial charge is 0.228 e. The molecule has 0 spiro atoms. The molecule has 1 aliphatic carbocycles. The Hall–Kier alpha value is -2.89. The normalized spacial score (nSPS) is 19.2. The first kappa shape index (κ1) is 17.5. The fraction of sp³-hybridized carbons (Fsp3) is 0.381. The summed E-state index contributed by atoms with van der Waals surface area (Å²) < 4.78 is 5.25. The van der Waals surface area contributed by atoms with Gasteiger partial charge in [0.05, 0.1) is 13.0 Å². The summed E-state index contributed by atoms with van der Waals surface area (Å²) >= 11 is 0. The lowest BCUT2D eigenvalue weighted by molar-refractivity contribution is -0.137. The van der Waals surface area contributed by atoms with Crippen LogP contribution in [0.15, 0.2) is 48.8 Å². The number of pyridine rings is 1. The Morgan fingerprint density at radius 1 is 1.30 bits per heavy atom. The molecule has 4 rings (SSSR count). The van der Waals surface area contributed by atoms with Gasteiger partial charge in [-0.05, 0) is 36.6 Å². The van der Waals surface area contributed by atoms with E-state index in [0.717, 1.165) is 24.1 Å². The average Bonchev–Trinajstić information content (AvgIpc) is 3.47. The van der Waals surface area contributed by atoms with E-state index in [1.54, 1.807) is 24.4 Å². The van der Waals surface area contributed by atoms with Gasteiger partial charge in [0.2, 0.25) is 11.8 Å². The molecule has 6 nitrogen and oxygen atoms in total. The van der Waals surface area contributed by atoms with Crippen LogP contribution in [0.3, 0.4) is 0 Å². The van der Waals surface area contributed by atoms with Crippen molar-refractivity contribution < 1.29 is 14.3 Å². The number of nitrogens with zero attached hydrogens (tertiary/aromatic N) is 3. The molecule has 2 amide bonds. The highest BCUT2D eigenvalue weighted by Crippen LogP contribution is 2.33. The number of aromatic nitrogens is 1. The second kappa shape index (κ2) is 7.39. The second-order valence-electron chi connectivity index (χ2n) is 7.17. The van der Waals surface area contributed by atoms with Gasteiger partial charge in [0.1, 0.15) is 5.75 Å². The molecule has 0 bridgehead atoms. The topological polar surface area (TPSA) is 62.7 Å². The molecular formula is C21H23N3O3. The van der Waals surface area contributed by atoms with Crippen LogP contribution in [0, 0.1) is 5.92 Å². The maximum atomic E-state index is 13.2. The lowest BCUT2D eigenvalue weighted by Crippen LogP contribution is -2.38. The van der Waals surface area contributed by atoms with Crippen LogP contribution in [0.2, 0.25) is 0 Å². The van der Waals surface area contributed by atoms with E-state index >= 15 is 0 Å². The molecule has 2 aromatic rings. The van der Waals surface area contributed by atoms with Gasteiger partial charge in [0.15, 0.2) is 0 Å². The van der Waals surface area contributed by atoms with Crippen LogP contribution in [0.5, 0.6) is 5.75 Å². The minimum absolute atomic E-state index is 0.0151. The van der Waals surface area contributed by atoms with Crippen LogP contribution >= 0.6 is 0 Å². The first-order valence-corrected chi connectivity index (χ1v) is 9.29. The van der Waals surface area contributed by atoms with Crippen molar-refractivity contribution >= 4 is 17.5 Å². The van der Waals surface area contributed by atoms with Gasteiger partial charge in [-0.1, -0.05) is 12.1 Å². The van der Waals surface area contributed by atoms with E-state index in [9.17, 15) is 9.59 Å². The van der Waals surface area contributed by atoms with E-state index in [0.29, 0.717) is 24.9 Å². The lowest BCUT2D eigenvalue weighted by Gasteiger charge is -2.25. The molecule has 27 heavy (non-hydrogen) atoms.